The van der Waals surface area contributed by atoms with Crippen molar-refractivity contribution in [3.63, 3.8) is 0 Å². The van der Waals surface area contributed by atoms with Gasteiger partial charge in [0.05, 0.1) is 29.1 Å². The van der Waals surface area contributed by atoms with E-state index in [0.717, 1.165) is 36.3 Å². The Balaban J connectivity index is 1.57. The number of aliphatic hydroxyl groups excluding tert-OH is 2. The lowest BCUT2D eigenvalue weighted by Crippen LogP contribution is -2.52. The average Bonchev–Trinajstić information content (AvgIpc) is 2.88. The third-order valence-electron chi connectivity index (χ3n) is 6.80. The third kappa shape index (κ3) is 6.38. The molecule has 2 heterocycles. The third-order valence-corrected chi connectivity index (χ3v) is 7.36. The molecule has 1 saturated heterocycles. The minimum absolute atomic E-state index is 0.0162. The van der Waals surface area contributed by atoms with E-state index in [2.05, 4.69) is 26.9 Å². The Morgan fingerprint density at radius 2 is 1.81 bits per heavy atom. The maximum atomic E-state index is 11.3. The van der Waals surface area contributed by atoms with Gasteiger partial charge in [0, 0.05) is 49.6 Å². The monoisotopic (exact) mass is 529 g/mol. The quantitative estimate of drug-likeness (QED) is 0.376. The molecule has 0 saturated carbocycles. The summed E-state index contributed by atoms with van der Waals surface area (Å²) in [6.07, 6.45) is 3.13. The predicted molar refractivity (Wildman–Crippen MR) is 145 cm³/mol. The minimum Gasteiger partial charge on any atom is -0.396 e. The molecule has 6 nitrogen and oxygen atoms in total. The molecular formula is C28H33Cl2N3O3. The largest absolute Gasteiger partial charge is 0.396 e. The highest BCUT2D eigenvalue weighted by Gasteiger charge is 2.34. The van der Waals surface area contributed by atoms with Crippen LogP contribution in [0.25, 0.3) is 0 Å². The van der Waals surface area contributed by atoms with Gasteiger partial charge in [-0.25, -0.2) is 0 Å². The SMILES string of the molecule is C[C@@](O)(CN1CCN(c2ccc(CCCO)cc2Cl)[C@H](c2ccc(Cl)cc2)C1)c1ccc(CO)nc1. The van der Waals surface area contributed by atoms with Crippen molar-refractivity contribution in [2.24, 2.45) is 0 Å². The van der Waals surface area contributed by atoms with Gasteiger partial charge in [0.2, 0.25) is 0 Å². The molecule has 3 aromatic rings. The zero-order valence-corrected chi connectivity index (χ0v) is 22.0. The van der Waals surface area contributed by atoms with Crippen LogP contribution in [0.4, 0.5) is 5.69 Å². The number of piperazine rings is 1. The summed E-state index contributed by atoms with van der Waals surface area (Å²) in [4.78, 5) is 8.82. The zero-order chi connectivity index (χ0) is 25.7. The zero-order valence-electron chi connectivity index (χ0n) is 20.4. The van der Waals surface area contributed by atoms with Crippen LogP contribution in [-0.4, -0.2) is 58.0 Å². The number of nitrogens with zero attached hydrogens (tertiary/aromatic N) is 3. The van der Waals surface area contributed by atoms with Crippen molar-refractivity contribution in [1.29, 1.82) is 0 Å². The Morgan fingerprint density at radius 3 is 2.44 bits per heavy atom. The average molecular weight is 530 g/mol. The van der Waals surface area contributed by atoms with E-state index in [9.17, 15) is 10.2 Å². The molecule has 2 aromatic carbocycles. The lowest BCUT2D eigenvalue weighted by molar-refractivity contribution is 0.00997. The van der Waals surface area contributed by atoms with Crippen LogP contribution in [0.1, 0.15) is 41.8 Å². The lowest BCUT2D eigenvalue weighted by Gasteiger charge is -2.45. The second-order valence-corrected chi connectivity index (χ2v) is 10.4. The first-order valence-corrected chi connectivity index (χ1v) is 13.0. The van der Waals surface area contributed by atoms with Gasteiger partial charge < -0.3 is 20.2 Å². The number of aliphatic hydroxyl groups is 3. The molecule has 0 unspecified atom stereocenters. The van der Waals surface area contributed by atoms with Gasteiger partial charge in [0.25, 0.3) is 0 Å². The van der Waals surface area contributed by atoms with Crippen LogP contribution >= 0.6 is 23.2 Å². The molecule has 0 aliphatic carbocycles. The van der Waals surface area contributed by atoms with Crippen molar-refractivity contribution in [3.8, 4) is 0 Å². The number of anilines is 1. The van der Waals surface area contributed by atoms with Crippen molar-refractivity contribution in [1.82, 2.24) is 9.88 Å². The first kappa shape index (κ1) is 26.9. The van der Waals surface area contributed by atoms with E-state index in [4.69, 9.17) is 28.3 Å². The van der Waals surface area contributed by atoms with E-state index in [1.165, 1.54) is 0 Å². The van der Waals surface area contributed by atoms with Crippen molar-refractivity contribution >= 4 is 28.9 Å². The number of aromatic nitrogens is 1. The molecule has 4 rings (SSSR count). The molecule has 2 atom stereocenters. The van der Waals surface area contributed by atoms with Crippen molar-refractivity contribution in [3.05, 3.63) is 93.2 Å². The molecule has 0 spiro atoms. The summed E-state index contributed by atoms with van der Waals surface area (Å²) in [5.41, 5.74) is 3.39. The summed E-state index contributed by atoms with van der Waals surface area (Å²) in [6, 6.07) is 17.6. The van der Waals surface area contributed by atoms with Crippen LogP contribution in [-0.2, 0) is 18.6 Å². The molecule has 192 valence electrons. The molecule has 0 radical (unpaired) electrons. The summed E-state index contributed by atoms with van der Waals surface area (Å²) >= 11 is 12.9. The summed E-state index contributed by atoms with van der Waals surface area (Å²) in [5, 5.41) is 31.1. The minimum atomic E-state index is -1.10. The van der Waals surface area contributed by atoms with Crippen LogP contribution in [0.3, 0.4) is 0 Å². The van der Waals surface area contributed by atoms with E-state index in [-0.39, 0.29) is 19.3 Å². The molecule has 1 aliphatic heterocycles. The molecule has 1 aliphatic rings. The first-order valence-electron chi connectivity index (χ1n) is 12.2. The fraction of sp³-hybridized carbons (Fsp3) is 0.393. The topological polar surface area (TPSA) is 80.1 Å². The molecule has 1 aromatic heterocycles. The highest BCUT2D eigenvalue weighted by Crippen LogP contribution is 2.37. The Morgan fingerprint density at radius 1 is 1.03 bits per heavy atom. The maximum absolute atomic E-state index is 11.3. The summed E-state index contributed by atoms with van der Waals surface area (Å²) in [6.45, 7) is 4.46. The van der Waals surface area contributed by atoms with Crippen LogP contribution in [0.2, 0.25) is 10.0 Å². The Hall–Kier alpha value is -2.19. The van der Waals surface area contributed by atoms with Crippen molar-refractivity contribution in [2.75, 3.05) is 37.7 Å². The van der Waals surface area contributed by atoms with Gasteiger partial charge in [0.1, 0.15) is 5.60 Å². The van der Waals surface area contributed by atoms with E-state index in [0.29, 0.717) is 40.8 Å². The molecule has 8 heteroatoms. The molecule has 3 N–H and O–H groups in total. The van der Waals surface area contributed by atoms with Crippen LogP contribution in [0, 0.1) is 0 Å². The number of rotatable bonds is 9. The number of hydrogen-bond donors (Lipinski definition) is 3. The van der Waals surface area contributed by atoms with Crippen LogP contribution in [0.5, 0.6) is 0 Å². The van der Waals surface area contributed by atoms with Crippen molar-refractivity contribution in [2.45, 2.75) is 38.0 Å². The number of β-amino-alcohol motifs (C(OH)–C–C–N with tert-alkyl or cyclic N) is 1. The van der Waals surface area contributed by atoms with Gasteiger partial charge in [-0.1, -0.05) is 47.5 Å². The number of halogens is 2. The van der Waals surface area contributed by atoms with Crippen LogP contribution in [0.15, 0.2) is 60.8 Å². The fourth-order valence-corrected chi connectivity index (χ4v) is 5.26. The standard InChI is InChI=1S/C28H33Cl2N3O3/c1-28(36,22-7-10-24(18-35)31-16-22)19-32-12-13-33(27(17-32)21-5-8-23(29)9-6-21)26-11-4-20(3-2-14-34)15-25(26)30/h4-11,15-16,27,34-36H,2-3,12-14,17-19H2,1H3/t27-,28+/m0/s1. The Bertz CT molecular complexity index is 1140. The van der Waals surface area contributed by atoms with Crippen LogP contribution < -0.4 is 4.90 Å². The van der Waals surface area contributed by atoms with E-state index >= 15 is 0 Å². The highest BCUT2D eigenvalue weighted by molar-refractivity contribution is 6.33. The molecule has 36 heavy (non-hydrogen) atoms. The maximum Gasteiger partial charge on any atom is 0.101 e. The number of aryl methyl sites for hydroxylation is 1. The Labute approximate surface area is 222 Å². The van der Waals surface area contributed by atoms with E-state index in [1.807, 2.05) is 36.4 Å². The number of pyridine rings is 1. The van der Waals surface area contributed by atoms with Gasteiger partial charge in [-0.15, -0.1) is 0 Å². The van der Waals surface area contributed by atoms with E-state index < -0.39 is 5.60 Å². The Kier molecular flexibility index (Phi) is 8.88. The second kappa shape index (κ2) is 11.9. The van der Waals surface area contributed by atoms with Crippen molar-refractivity contribution < 1.29 is 15.3 Å². The molecule has 1 fully saturated rings. The summed E-state index contributed by atoms with van der Waals surface area (Å²) in [5.74, 6) is 0. The second-order valence-electron chi connectivity index (χ2n) is 9.58. The van der Waals surface area contributed by atoms with E-state index in [1.54, 1.807) is 19.2 Å². The predicted octanol–water partition coefficient (Wildman–Crippen LogP) is 4.58. The van der Waals surface area contributed by atoms with Gasteiger partial charge >= 0.3 is 0 Å². The number of benzene rings is 2. The fourth-order valence-electron chi connectivity index (χ4n) is 4.83. The molecule has 0 bridgehead atoms. The van der Waals surface area contributed by atoms with Gasteiger partial charge in [-0.05, 0) is 61.2 Å². The van der Waals surface area contributed by atoms with Gasteiger partial charge in [-0.2, -0.15) is 0 Å². The molecule has 0 amide bonds. The normalized spacial score (nSPS) is 18.3. The summed E-state index contributed by atoms with van der Waals surface area (Å²) < 4.78 is 0. The van der Waals surface area contributed by atoms with Gasteiger partial charge in [0.15, 0.2) is 0 Å². The first-order chi connectivity index (χ1) is 17.3. The lowest BCUT2D eigenvalue weighted by atomic mass is 9.94. The highest BCUT2D eigenvalue weighted by atomic mass is 35.5. The summed E-state index contributed by atoms with van der Waals surface area (Å²) in [7, 11) is 0. The number of hydrogen-bond acceptors (Lipinski definition) is 6. The van der Waals surface area contributed by atoms with Gasteiger partial charge in [-0.3, -0.25) is 9.88 Å². The smallest absolute Gasteiger partial charge is 0.101 e. The molecular weight excluding hydrogens is 497 g/mol.